The van der Waals surface area contributed by atoms with Gasteiger partial charge in [-0.3, -0.25) is 4.57 Å². The minimum atomic E-state index is 0.377. The summed E-state index contributed by atoms with van der Waals surface area (Å²) >= 11 is 12.9. The van der Waals surface area contributed by atoms with E-state index in [1.165, 1.54) is 0 Å². The molecule has 2 aromatic carbocycles. The second-order valence-electron chi connectivity index (χ2n) is 4.11. The lowest BCUT2D eigenvalue weighted by atomic mass is 10.3. The molecule has 19 heavy (non-hydrogen) atoms. The number of aromatic nitrogens is 2. The summed E-state index contributed by atoms with van der Waals surface area (Å²) in [5.41, 5.74) is 3.05. The van der Waals surface area contributed by atoms with Crippen LogP contribution in [0, 0.1) is 0 Å². The average molecular weight is 401 g/mol. The zero-order valence-electron chi connectivity index (χ0n) is 9.78. The van der Waals surface area contributed by atoms with Crippen LogP contribution >= 0.6 is 43.5 Å². The normalized spacial score (nSPS) is 11.1. The SMILES string of the molecule is ClCc1nc2cc(Br)ccc2n1-c1ccc(Br)cc1. The van der Waals surface area contributed by atoms with Crippen molar-refractivity contribution in [2.45, 2.75) is 5.88 Å². The molecule has 0 aliphatic rings. The van der Waals surface area contributed by atoms with Gasteiger partial charge in [-0.2, -0.15) is 0 Å². The molecule has 0 radical (unpaired) electrons. The van der Waals surface area contributed by atoms with Crippen molar-refractivity contribution in [1.82, 2.24) is 9.55 Å². The minimum Gasteiger partial charge on any atom is -0.295 e. The quantitative estimate of drug-likeness (QED) is 0.535. The summed E-state index contributed by atoms with van der Waals surface area (Å²) in [5, 5.41) is 0. The summed E-state index contributed by atoms with van der Waals surface area (Å²) in [7, 11) is 0. The maximum absolute atomic E-state index is 6.02. The van der Waals surface area contributed by atoms with Gasteiger partial charge in [-0.1, -0.05) is 31.9 Å². The lowest BCUT2D eigenvalue weighted by Crippen LogP contribution is -1.98. The number of fused-ring (bicyclic) bond motifs is 1. The summed E-state index contributed by atoms with van der Waals surface area (Å²) in [6.07, 6.45) is 0. The van der Waals surface area contributed by atoms with Crippen molar-refractivity contribution < 1.29 is 0 Å². The van der Waals surface area contributed by atoms with Crippen molar-refractivity contribution >= 4 is 54.5 Å². The summed E-state index contributed by atoms with van der Waals surface area (Å²) in [6.45, 7) is 0. The standard InChI is InChI=1S/C14H9Br2ClN2/c15-9-1-4-11(5-2-9)19-13-6-3-10(16)7-12(13)18-14(19)8-17/h1-7H,8H2. The van der Waals surface area contributed by atoms with E-state index >= 15 is 0 Å². The van der Waals surface area contributed by atoms with Gasteiger partial charge < -0.3 is 0 Å². The maximum Gasteiger partial charge on any atom is 0.129 e. The number of halogens is 3. The Bertz CT molecular complexity index is 735. The monoisotopic (exact) mass is 398 g/mol. The second kappa shape index (κ2) is 5.27. The zero-order chi connectivity index (χ0) is 13.4. The molecule has 96 valence electrons. The second-order valence-corrected chi connectivity index (χ2v) is 6.21. The van der Waals surface area contributed by atoms with Gasteiger partial charge >= 0.3 is 0 Å². The molecule has 3 aromatic rings. The highest BCUT2D eigenvalue weighted by atomic mass is 79.9. The average Bonchev–Trinajstić information content (AvgIpc) is 2.77. The van der Waals surface area contributed by atoms with Gasteiger partial charge in [0.25, 0.3) is 0 Å². The minimum absolute atomic E-state index is 0.377. The van der Waals surface area contributed by atoms with Crippen LogP contribution in [0.3, 0.4) is 0 Å². The Labute approximate surface area is 132 Å². The molecule has 0 aliphatic carbocycles. The first-order chi connectivity index (χ1) is 9.19. The highest BCUT2D eigenvalue weighted by Crippen LogP contribution is 2.26. The lowest BCUT2D eigenvalue weighted by molar-refractivity contribution is 0.981. The summed E-state index contributed by atoms with van der Waals surface area (Å²) in [4.78, 5) is 4.58. The number of nitrogens with zero attached hydrogens (tertiary/aromatic N) is 2. The first kappa shape index (κ1) is 13.2. The van der Waals surface area contributed by atoms with E-state index in [4.69, 9.17) is 11.6 Å². The van der Waals surface area contributed by atoms with Gasteiger partial charge in [-0.25, -0.2) is 4.98 Å². The smallest absolute Gasteiger partial charge is 0.129 e. The van der Waals surface area contributed by atoms with Crippen molar-refractivity contribution in [1.29, 1.82) is 0 Å². The third-order valence-electron chi connectivity index (χ3n) is 2.89. The largest absolute Gasteiger partial charge is 0.295 e. The molecule has 2 nitrogen and oxygen atoms in total. The number of rotatable bonds is 2. The van der Waals surface area contributed by atoms with Gasteiger partial charge in [-0.05, 0) is 42.5 Å². The van der Waals surface area contributed by atoms with Gasteiger partial charge in [-0.15, -0.1) is 11.6 Å². The number of imidazole rings is 1. The maximum atomic E-state index is 6.02. The van der Waals surface area contributed by atoms with Gasteiger partial charge in [0.1, 0.15) is 5.82 Å². The number of hydrogen-bond acceptors (Lipinski definition) is 1. The Kier molecular flexibility index (Phi) is 3.65. The van der Waals surface area contributed by atoms with E-state index in [0.29, 0.717) is 5.88 Å². The van der Waals surface area contributed by atoms with Gasteiger partial charge in [0.2, 0.25) is 0 Å². The molecule has 0 N–H and O–H groups in total. The molecule has 0 saturated carbocycles. The molecule has 0 amide bonds. The van der Waals surface area contributed by atoms with Crippen LogP contribution in [0.15, 0.2) is 51.4 Å². The molecule has 3 rings (SSSR count). The molecule has 0 aliphatic heterocycles. The van der Waals surface area contributed by atoms with E-state index in [1.54, 1.807) is 0 Å². The number of alkyl halides is 1. The predicted molar refractivity (Wildman–Crippen MR) is 86.0 cm³/mol. The Balaban J connectivity index is 2.29. The summed E-state index contributed by atoms with van der Waals surface area (Å²) in [5.74, 6) is 1.22. The van der Waals surface area contributed by atoms with Crippen LogP contribution in [0.1, 0.15) is 5.82 Å². The molecule has 0 fully saturated rings. The van der Waals surface area contributed by atoms with Crippen molar-refractivity contribution in [2.24, 2.45) is 0 Å². The lowest BCUT2D eigenvalue weighted by Gasteiger charge is -2.07. The number of benzene rings is 2. The molecular weight excluding hydrogens is 391 g/mol. The third kappa shape index (κ3) is 2.45. The van der Waals surface area contributed by atoms with Crippen molar-refractivity contribution in [2.75, 3.05) is 0 Å². The van der Waals surface area contributed by atoms with E-state index in [-0.39, 0.29) is 0 Å². The zero-order valence-corrected chi connectivity index (χ0v) is 13.7. The van der Waals surface area contributed by atoms with Crippen molar-refractivity contribution in [3.8, 4) is 5.69 Å². The first-order valence-corrected chi connectivity index (χ1v) is 7.80. The van der Waals surface area contributed by atoms with E-state index in [2.05, 4.69) is 41.4 Å². The summed E-state index contributed by atoms with van der Waals surface area (Å²) in [6, 6.07) is 14.2. The Morgan fingerprint density at radius 1 is 1.00 bits per heavy atom. The van der Waals surface area contributed by atoms with Crippen LogP contribution in [0.4, 0.5) is 0 Å². The van der Waals surface area contributed by atoms with Crippen LogP contribution < -0.4 is 0 Å². The fourth-order valence-electron chi connectivity index (χ4n) is 2.07. The molecule has 0 saturated heterocycles. The third-order valence-corrected chi connectivity index (χ3v) is 4.15. The highest BCUT2D eigenvalue weighted by molar-refractivity contribution is 9.10. The Morgan fingerprint density at radius 3 is 2.37 bits per heavy atom. The molecule has 1 heterocycles. The van der Waals surface area contributed by atoms with Crippen LogP contribution in [0.25, 0.3) is 16.7 Å². The predicted octanol–water partition coefficient (Wildman–Crippen LogP) is 5.29. The fourth-order valence-corrected chi connectivity index (χ4v) is 2.86. The molecule has 0 spiro atoms. The van der Waals surface area contributed by atoms with Gasteiger partial charge in [0.05, 0.1) is 16.9 Å². The molecule has 0 bridgehead atoms. The van der Waals surface area contributed by atoms with Crippen LogP contribution in [-0.2, 0) is 5.88 Å². The highest BCUT2D eigenvalue weighted by Gasteiger charge is 2.11. The van der Waals surface area contributed by atoms with Crippen LogP contribution in [0.5, 0.6) is 0 Å². The van der Waals surface area contributed by atoms with Crippen molar-refractivity contribution in [3.05, 3.63) is 57.2 Å². The van der Waals surface area contributed by atoms with E-state index in [0.717, 1.165) is 31.5 Å². The van der Waals surface area contributed by atoms with Crippen molar-refractivity contribution in [3.63, 3.8) is 0 Å². The topological polar surface area (TPSA) is 17.8 Å². The first-order valence-electron chi connectivity index (χ1n) is 5.68. The molecule has 0 atom stereocenters. The van der Waals surface area contributed by atoms with E-state index in [9.17, 15) is 0 Å². The van der Waals surface area contributed by atoms with Crippen LogP contribution in [-0.4, -0.2) is 9.55 Å². The van der Waals surface area contributed by atoms with Gasteiger partial charge in [0.15, 0.2) is 0 Å². The molecular formula is C14H9Br2ClN2. The Morgan fingerprint density at radius 2 is 1.68 bits per heavy atom. The van der Waals surface area contributed by atoms with Crippen LogP contribution in [0.2, 0.25) is 0 Å². The molecule has 0 unspecified atom stereocenters. The van der Waals surface area contributed by atoms with Gasteiger partial charge in [0, 0.05) is 14.6 Å². The van der Waals surface area contributed by atoms with E-state index < -0.39 is 0 Å². The Hall–Kier alpha value is -0.840. The fraction of sp³-hybridized carbons (Fsp3) is 0.0714. The summed E-state index contributed by atoms with van der Waals surface area (Å²) < 4.78 is 4.15. The molecule has 1 aromatic heterocycles. The molecule has 5 heteroatoms. The number of hydrogen-bond donors (Lipinski definition) is 0. The van der Waals surface area contributed by atoms with E-state index in [1.807, 2.05) is 42.5 Å².